The number of ether oxygens (including phenoxy) is 3. The van der Waals surface area contributed by atoms with Crippen molar-refractivity contribution in [3.8, 4) is 0 Å². The van der Waals surface area contributed by atoms with Crippen LogP contribution in [-0.2, 0) is 25.5 Å². The van der Waals surface area contributed by atoms with Crippen LogP contribution >= 0.6 is 15.9 Å². The molecule has 0 radical (unpaired) electrons. The molecule has 11 heteroatoms. The van der Waals surface area contributed by atoms with Crippen LogP contribution in [0.4, 0.5) is 5.82 Å². The Morgan fingerprint density at radius 2 is 1.91 bits per heavy atom. The molecule has 3 aromatic rings. The number of rotatable bonds is 5. The molecule has 168 valence electrons. The van der Waals surface area contributed by atoms with Gasteiger partial charge in [0.15, 0.2) is 35.1 Å². The summed E-state index contributed by atoms with van der Waals surface area (Å²) in [5.74, 6) is -0.482. The van der Waals surface area contributed by atoms with Crippen molar-refractivity contribution >= 4 is 38.8 Å². The van der Waals surface area contributed by atoms with Crippen LogP contribution in [0.2, 0.25) is 0 Å². The summed E-state index contributed by atoms with van der Waals surface area (Å²) >= 11 is 3.44. The second kappa shape index (κ2) is 8.07. The summed E-state index contributed by atoms with van der Waals surface area (Å²) in [6.45, 7) is 4.23. The highest BCUT2D eigenvalue weighted by Crippen LogP contribution is 2.43. The topological polar surface area (TPSA) is 112 Å². The van der Waals surface area contributed by atoms with Crippen molar-refractivity contribution in [1.29, 1.82) is 0 Å². The fraction of sp³-hybridized carbons (Fsp3) is 0.429. The second-order valence-electron chi connectivity index (χ2n) is 8.15. The van der Waals surface area contributed by atoms with Crippen LogP contribution in [0.1, 0.15) is 25.6 Å². The lowest BCUT2D eigenvalue weighted by Crippen LogP contribution is -2.41. The maximum atomic E-state index is 12.4. The van der Waals surface area contributed by atoms with Crippen molar-refractivity contribution in [2.24, 2.45) is 0 Å². The van der Waals surface area contributed by atoms with E-state index in [1.807, 2.05) is 38.1 Å². The fourth-order valence-corrected chi connectivity index (χ4v) is 4.37. The summed E-state index contributed by atoms with van der Waals surface area (Å²) in [4.78, 5) is 25.7. The Labute approximate surface area is 192 Å². The molecule has 10 nitrogen and oxygen atoms in total. The molecule has 5 rings (SSSR count). The minimum absolute atomic E-state index is 0.264. The zero-order valence-corrected chi connectivity index (χ0v) is 19.4. The van der Waals surface area contributed by atoms with Gasteiger partial charge < -0.3 is 24.8 Å². The van der Waals surface area contributed by atoms with E-state index in [0.29, 0.717) is 23.5 Å². The van der Waals surface area contributed by atoms with Crippen molar-refractivity contribution in [1.82, 2.24) is 24.8 Å². The smallest absolute Gasteiger partial charge is 0.251 e. The number of anilines is 1. The van der Waals surface area contributed by atoms with Crippen LogP contribution < -0.4 is 10.6 Å². The summed E-state index contributed by atoms with van der Waals surface area (Å²) in [7, 11) is 1.57. The summed E-state index contributed by atoms with van der Waals surface area (Å²) in [6.07, 6.45) is 0.660. The van der Waals surface area contributed by atoms with Crippen molar-refractivity contribution < 1.29 is 19.0 Å². The molecule has 2 aromatic heterocycles. The zero-order chi connectivity index (χ0) is 22.5. The number of carbonyl (C=O) groups excluding carboxylic acids is 1. The lowest BCUT2D eigenvalue weighted by molar-refractivity contribution is -0.197. The number of likely N-dealkylation sites (N-methyl/N-ethyl adjacent to an activating group) is 1. The van der Waals surface area contributed by atoms with Crippen LogP contribution in [0.25, 0.3) is 11.2 Å². The van der Waals surface area contributed by atoms with E-state index in [1.165, 1.54) is 6.33 Å². The van der Waals surface area contributed by atoms with Gasteiger partial charge in [-0.2, -0.15) is 0 Å². The van der Waals surface area contributed by atoms with Crippen molar-refractivity contribution in [2.75, 3.05) is 12.4 Å². The first kappa shape index (κ1) is 21.3. The molecule has 2 aliphatic heterocycles. The van der Waals surface area contributed by atoms with Crippen molar-refractivity contribution in [3.63, 3.8) is 0 Å². The molecule has 2 N–H and O–H groups in total. The number of hydrogen-bond donors (Lipinski definition) is 2. The molecule has 32 heavy (non-hydrogen) atoms. The van der Waals surface area contributed by atoms with Gasteiger partial charge in [0.1, 0.15) is 18.5 Å². The van der Waals surface area contributed by atoms with Gasteiger partial charge in [-0.15, -0.1) is 0 Å². The predicted molar refractivity (Wildman–Crippen MR) is 119 cm³/mol. The predicted octanol–water partition coefficient (Wildman–Crippen LogP) is 2.36. The van der Waals surface area contributed by atoms with Gasteiger partial charge in [0.05, 0.1) is 6.33 Å². The molecule has 0 saturated carbocycles. The van der Waals surface area contributed by atoms with Gasteiger partial charge in [-0.1, -0.05) is 28.1 Å². The molecule has 2 fully saturated rings. The molecular formula is C21H23BrN6O4. The van der Waals surface area contributed by atoms with E-state index in [-0.39, 0.29) is 5.91 Å². The largest absolute Gasteiger partial charge is 0.364 e. The minimum Gasteiger partial charge on any atom is -0.364 e. The van der Waals surface area contributed by atoms with Crippen LogP contribution in [-0.4, -0.2) is 56.6 Å². The number of aromatic nitrogens is 4. The minimum atomic E-state index is -0.827. The average molecular weight is 503 g/mol. The van der Waals surface area contributed by atoms with Gasteiger partial charge in [0.2, 0.25) is 0 Å². The third-order valence-electron chi connectivity index (χ3n) is 5.54. The van der Waals surface area contributed by atoms with Crippen LogP contribution in [0.3, 0.4) is 0 Å². The van der Waals surface area contributed by atoms with Gasteiger partial charge in [0, 0.05) is 18.1 Å². The number of benzene rings is 1. The van der Waals surface area contributed by atoms with Crippen LogP contribution in [0, 0.1) is 0 Å². The quantitative estimate of drug-likeness (QED) is 0.546. The third-order valence-corrected chi connectivity index (χ3v) is 6.07. The highest BCUT2D eigenvalue weighted by Gasteiger charge is 2.58. The highest BCUT2D eigenvalue weighted by molar-refractivity contribution is 9.10. The van der Waals surface area contributed by atoms with E-state index in [1.54, 1.807) is 17.9 Å². The SMILES string of the molecule is CNC(=O)[C@H]1O[C@@H](n2cnc3c(NCc4ccc(Br)cc4)ncnc32)[C@@H]2OC(C)(C)O[C@@H]21. The Morgan fingerprint density at radius 3 is 2.66 bits per heavy atom. The van der Waals surface area contributed by atoms with Crippen LogP contribution in [0.15, 0.2) is 41.4 Å². The van der Waals surface area contributed by atoms with Crippen molar-refractivity contribution in [3.05, 3.63) is 47.0 Å². The van der Waals surface area contributed by atoms with Gasteiger partial charge >= 0.3 is 0 Å². The number of amides is 1. The number of carbonyl (C=O) groups is 1. The number of halogens is 1. The first-order valence-electron chi connectivity index (χ1n) is 10.2. The van der Waals surface area contributed by atoms with Gasteiger partial charge in [-0.3, -0.25) is 9.36 Å². The molecule has 0 unspecified atom stereocenters. The summed E-state index contributed by atoms with van der Waals surface area (Å²) in [5.41, 5.74) is 2.28. The monoisotopic (exact) mass is 502 g/mol. The van der Waals surface area contributed by atoms with Gasteiger partial charge in [-0.05, 0) is 31.5 Å². The van der Waals surface area contributed by atoms with Gasteiger partial charge in [0.25, 0.3) is 5.91 Å². The first-order valence-corrected chi connectivity index (χ1v) is 11.0. The second-order valence-corrected chi connectivity index (χ2v) is 9.07. The van der Waals surface area contributed by atoms with Crippen LogP contribution in [0.5, 0.6) is 0 Å². The highest BCUT2D eigenvalue weighted by atomic mass is 79.9. The van der Waals surface area contributed by atoms with E-state index in [9.17, 15) is 4.79 Å². The fourth-order valence-electron chi connectivity index (χ4n) is 4.11. The standard InChI is InChI=1S/C21H23BrN6O4/c1-21(2)31-14-15(19(29)23-3)30-20(16(14)32-21)28-10-27-13-17(25-9-26-18(13)28)24-8-11-4-6-12(22)7-5-11/h4-7,9-10,14-16,20H,8H2,1-3H3,(H,23,29)(H,24,25,26)/t14-,15+,16-,20-/m1/s1. The molecule has 2 aliphatic rings. The summed E-state index contributed by atoms with van der Waals surface area (Å²) < 4.78 is 20.9. The Bertz CT molecular complexity index is 1150. The summed E-state index contributed by atoms with van der Waals surface area (Å²) in [5, 5.41) is 5.95. The molecule has 4 heterocycles. The maximum absolute atomic E-state index is 12.4. The molecule has 1 amide bonds. The number of nitrogens with zero attached hydrogens (tertiary/aromatic N) is 4. The number of imidazole rings is 1. The lowest BCUT2D eigenvalue weighted by Gasteiger charge is -2.24. The van der Waals surface area contributed by atoms with E-state index in [2.05, 4.69) is 41.5 Å². The molecule has 0 spiro atoms. The molecule has 1 aromatic carbocycles. The van der Waals surface area contributed by atoms with E-state index in [0.717, 1.165) is 10.0 Å². The number of nitrogens with one attached hydrogen (secondary N) is 2. The molecule has 0 bridgehead atoms. The van der Waals surface area contributed by atoms with E-state index in [4.69, 9.17) is 14.2 Å². The Hall–Kier alpha value is -2.60. The molecule has 4 atom stereocenters. The number of hydrogen-bond acceptors (Lipinski definition) is 8. The Kier molecular flexibility index (Phi) is 5.36. The molecular weight excluding hydrogens is 480 g/mol. The number of fused-ring (bicyclic) bond motifs is 2. The maximum Gasteiger partial charge on any atom is 0.251 e. The molecule has 0 aliphatic carbocycles. The van der Waals surface area contributed by atoms with E-state index >= 15 is 0 Å². The molecule has 2 saturated heterocycles. The zero-order valence-electron chi connectivity index (χ0n) is 17.8. The average Bonchev–Trinajstić information content (AvgIpc) is 3.43. The Morgan fingerprint density at radius 1 is 1.16 bits per heavy atom. The normalized spacial score (nSPS) is 26.2. The third kappa shape index (κ3) is 3.75. The lowest BCUT2D eigenvalue weighted by atomic mass is 10.1. The first-order chi connectivity index (χ1) is 15.4. The van der Waals surface area contributed by atoms with Crippen molar-refractivity contribution in [2.45, 2.75) is 50.7 Å². The Balaban J connectivity index is 1.44. The van der Waals surface area contributed by atoms with E-state index < -0.39 is 30.3 Å². The summed E-state index contributed by atoms with van der Waals surface area (Å²) in [6, 6.07) is 8.03. The van der Waals surface area contributed by atoms with Gasteiger partial charge in [-0.25, -0.2) is 15.0 Å².